The molecule has 0 amide bonds. The highest BCUT2D eigenvalue weighted by atomic mass is 19.1. The molecule has 0 heterocycles. The molecule has 2 rings (SSSR count). The van der Waals surface area contributed by atoms with E-state index in [2.05, 4.69) is 11.8 Å². The Morgan fingerprint density at radius 1 is 1.05 bits per heavy atom. The second kappa shape index (κ2) is 5.76. The van der Waals surface area contributed by atoms with Gasteiger partial charge in [0.05, 0.1) is 4.92 Å². The Balaban J connectivity index is 2.16. The molecule has 2 aromatic carbocycles. The van der Waals surface area contributed by atoms with Gasteiger partial charge in [-0.05, 0) is 42.3 Å². The van der Waals surface area contributed by atoms with Crippen molar-refractivity contribution < 1.29 is 14.1 Å². The summed E-state index contributed by atoms with van der Waals surface area (Å²) in [4.78, 5) is 21.7. The molecule has 4 nitrogen and oxygen atoms in total. The predicted molar refractivity (Wildman–Crippen MR) is 70.7 cm³/mol. The molecular formula is C15H8FNO3. The van der Waals surface area contributed by atoms with Crippen LogP contribution in [0.1, 0.15) is 15.9 Å². The van der Waals surface area contributed by atoms with E-state index in [1.807, 2.05) is 0 Å². The monoisotopic (exact) mass is 269 g/mol. The van der Waals surface area contributed by atoms with Crippen LogP contribution in [0, 0.1) is 27.8 Å². The van der Waals surface area contributed by atoms with Crippen molar-refractivity contribution in [2.24, 2.45) is 0 Å². The lowest BCUT2D eigenvalue weighted by Gasteiger charge is -1.94. The van der Waals surface area contributed by atoms with E-state index in [9.17, 15) is 19.3 Å². The molecule has 98 valence electrons. The molecule has 0 saturated heterocycles. The van der Waals surface area contributed by atoms with Gasteiger partial charge in [0, 0.05) is 23.3 Å². The number of nitro benzene ring substituents is 1. The minimum absolute atomic E-state index is 0.0898. The van der Waals surface area contributed by atoms with Crippen LogP contribution in [0.25, 0.3) is 0 Å². The summed E-state index contributed by atoms with van der Waals surface area (Å²) in [5.41, 5.74) is 0.694. The second-order valence-electron chi connectivity index (χ2n) is 3.89. The normalized spacial score (nSPS) is 9.45. The molecule has 5 heteroatoms. The fraction of sp³-hybridized carbons (Fsp3) is 0. The summed E-state index contributed by atoms with van der Waals surface area (Å²) >= 11 is 0. The van der Waals surface area contributed by atoms with Crippen molar-refractivity contribution in [2.75, 3.05) is 0 Å². The first-order valence-corrected chi connectivity index (χ1v) is 5.62. The number of nitrogens with zero attached hydrogens (tertiary/aromatic N) is 1. The summed E-state index contributed by atoms with van der Waals surface area (Å²) in [6, 6.07) is 10.6. The van der Waals surface area contributed by atoms with E-state index in [0.29, 0.717) is 5.56 Å². The van der Waals surface area contributed by atoms with Gasteiger partial charge < -0.3 is 0 Å². The third-order valence-electron chi connectivity index (χ3n) is 2.50. The Morgan fingerprint density at radius 3 is 2.20 bits per heavy atom. The summed E-state index contributed by atoms with van der Waals surface area (Å²) in [5, 5.41) is 10.5. The number of ketones is 1. The molecule has 0 aliphatic carbocycles. The number of benzene rings is 2. The van der Waals surface area contributed by atoms with Gasteiger partial charge in [-0.15, -0.1) is 0 Å². The average Bonchev–Trinajstić information content (AvgIpc) is 2.46. The van der Waals surface area contributed by atoms with E-state index in [1.165, 1.54) is 48.5 Å². The molecule has 2 aromatic rings. The number of rotatable bonds is 2. The third kappa shape index (κ3) is 3.27. The van der Waals surface area contributed by atoms with Gasteiger partial charge in [-0.3, -0.25) is 14.9 Å². The van der Waals surface area contributed by atoms with Crippen LogP contribution in [0.15, 0.2) is 48.5 Å². The largest absolute Gasteiger partial charge is 0.279 e. The van der Waals surface area contributed by atoms with Gasteiger partial charge in [-0.2, -0.15) is 0 Å². The number of nitro groups is 1. The van der Waals surface area contributed by atoms with Gasteiger partial charge in [0.1, 0.15) is 5.82 Å². The van der Waals surface area contributed by atoms with Gasteiger partial charge in [-0.25, -0.2) is 4.39 Å². The standard InChI is InChI=1S/C15H8FNO3/c16-13-6-1-11(2-7-13)3-10-15(18)12-4-8-14(9-5-12)17(19)20/h1-2,4-9H. The molecule has 0 bridgehead atoms. The van der Waals surface area contributed by atoms with Crippen LogP contribution in [-0.2, 0) is 0 Å². The molecule has 0 unspecified atom stereocenters. The molecule has 20 heavy (non-hydrogen) atoms. The van der Waals surface area contributed by atoms with E-state index >= 15 is 0 Å². The Morgan fingerprint density at radius 2 is 1.65 bits per heavy atom. The topological polar surface area (TPSA) is 60.2 Å². The first-order chi connectivity index (χ1) is 9.56. The van der Waals surface area contributed by atoms with Gasteiger partial charge in [0.25, 0.3) is 5.69 Å². The first kappa shape index (κ1) is 13.4. The molecule has 0 spiro atoms. The highest BCUT2D eigenvalue weighted by Gasteiger charge is 2.07. The number of carbonyl (C=O) groups excluding carboxylic acids is 1. The van der Waals surface area contributed by atoms with E-state index in [0.717, 1.165) is 0 Å². The highest BCUT2D eigenvalue weighted by molar-refractivity contribution is 6.09. The van der Waals surface area contributed by atoms with Crippen molar-refractivity contribution in [3.63, 3.8) is 0 Å². The zero-order chi connectivity index (χ0) is 14.5. The third-order valence-corrected chi connectivity index (χ3v) is 2.50. The Bertz CT molecular complexity index is 710. The van der Waals surface area contributed by atoms with Crippen molar-refractivity contribution in [1.29, 1.82) is 0 Å². The maximum Gasteiger partial charge on any atom is 0.269 e. The lowest BCUT2D eigenvalue weighted by atomic mass is 10.1. The van der Waals surface area contributed by atoms with Crippen molar-refractivity contribution in [1.82, 2.24) is 0 Å². The van der Waals surface area contributed by atoms with Gasteiger partial charge in [0.2, 0.25) is 5.78 Å². The Labute approximate surface area is 114 Å². The van der Waals surface area contributed by atoms with Gasteiger partial charge in [-0.1, -0.05) is 5.92 Å². The predicted octanol–water partition coefficient (Wildman–Crippen LogP) is 2.97. The molecule has 0 N–H and O–H groups in total. The second-order valence-corrected chi connectivity index (χ2v) is 3.89. The van der Waals surface area contributed by atoms with Crippen LogP contribution < -0.4 is 0 Å². The molecule has 0 aliphatic heterocycles. The maximum atomic E-state index is 12.7. The number of carbonyl (C=O) groups is 1. The van der Waals surface area contributed by atoms with Crippen LogP contribution in [0.5, 0.6) is 0 Å². The average molecular weight is 269 g/mol. The van der Waals surface area contributed by atoms with Crippen molar-refractivity contribution >= 4 is 11.5 Å². The Hall–Kier alpha value is -3.00. The summed E-state index contributed by atoms with van der Waals surface area (Å²) in [7, 11) is 0. The van der Waals surface area contributed by atoms with E-state index in [4.69, 9.17) is 0 Å². The van der Waals surface area contributed by atoms with Gasteiger partial charge in [0.15, 0.2) is 0 Å². The summed E-state index contributed by atoms with van der Waals surface area (Å²) in [5.74, 6) is 4.18. The zero-order valence-electron chi connectivity index (χ0n) is 10.2. The van der Waals surface area contributed by atoms with Crippen molar-refractivity contribution in [3.8, 4) is 11.8 Å². The number of non-ortho nitro benzene ring substituents is 1. The smallest absolute Gasteiger partial charge is 0.269 e. The molecule has 0 radical (unpaired) electrons. The number of hydrogen-bond acceptors (Lipinski definition) is 3. The number of hydrogen-bond donors (Lipinski definition) is 0. The number of Topliss-reactive ketones (excluding diaryl/α,β-unsaturated/α-hetero) is 1. The van der Waals surface area contributed by atoms with Crippen molar-refractivity contribution in [3.05, 3.63) is 75.6 Å². The Kier molecular flexibility index (Phi) is 3.87. The summed E-state index contributed by atoms with van der Waals surface area (Å²) in [6.07, 6.45) is 0. The maximum absolute atomic E-state index is 12.7. The quantitative estimate of drug-likeness (QED) is 0.364. The fourth-order valence-electron chi connectivity index (χ4n) is 1.47. The molecule has 0 aliphatic rings. The van der Waals surface area contributed by atoms with Crippen LogP contribution in [0.4, 0.5) is 10.1 Å². The molecule has 0 atom stereocenters. The van der Waals surface area contributed by atoms with Crippen LogP contribution in [-0.4, -0.2) is 10.7 Å². The minimum Gasteiger partial charge on any atom is -0.279 e. The minimum atomic E-state index is -0.543. The molecule has 0 saturated carbocycles. The van der Waals surface area contributed by atoms with E-state index in [1.54, 1.807) is 0 Å². The van der Waals surface area contributed by atoms with E-state index < -0.39 is 10.7 Å². The molecule has 0 fully saturated rings. The highest BCUT2D eigenvalue weighted by Crippen LogP contribution is 2.12. The van der Waals surface area contributed by atoms with Crippen molar-refractivity contribution in [2.45, 2.75) is 0 Å². The zero-order valence-corrected chi connectivity index (χ0v) is 10.2. The first-order valence-electron chi connectivity index (χ1n) is 5.62. The molecule has 0 aromatic heterocycles. The van der Waals surface area contributed by atoms with E-state index in [-0.39, 0.29) is 17.1 Å². The molecular weight excluding hydrogens is 261 g/mol. The summed E-state index contributed by atoms with van der Waals surface area (Å²) in [6.45, 7) is 0. The lowest BCUT2D eigenvalue weighted by Crippen LogP contribution is -1.96. The lowest BCUT2D eigenvalue weighted by molar-refractivity contribution is -0.384. The van der Waals surface area contributed by atoms with Gasteiger partial charge >= 0.3 is 0 Å². The summed E-state index contributed by atoms with van der Waals surface area (Å²) < 4.78 is 12.7. The van der Waals surface area contributed by atoms with Crippen LogP contribution >= 0.6 is 0 Å². The van der Waals surface area contributed by atoms with Crippen LogP contribution in [0.2, 0.25) is 0 Å². The fourth-order valence-corrected chi connectivity index (χ4v) is 1.47. The van der Waals surface area contributed by atoms with Crippen LogP contribution in [0.3, 0.4) is 0 Å². The SMILES string of the molecule is O=C(C#Cc1ccc(F)cc1)c1ccc([N+](=O)[O-])cc1. The number of halogens is 1.